The van der Waals surface area contributed by atoms with Gasteiger partial charge in [-0.05, 0) is 30.5 Å². The second kappa shape index (κ2) is 5.73. The maximum Gasteiger partial charge on any atom is 0.140 e. The van der Waals surface area contributed by atoms with Gasteiger partial charge in [0.25, 0.3) is 0 Å². The van der Waals surface area contributed by atoms with E-state index in [9.17, 15) is 0 Å². The Bertz CT molecular complexity index is 687. The van der Waals surface area contributed by atoms with E-state index in [2.05, 4.69) is 33.7 Å². The maximum atomic E-state index is 6.10. The number of nitrogens with zero attached hydrogens (tertiary/aromatic N) is 3. The first-order chi connectivity index (χ1) is 9.78. The highest BCUT2D eigenvalue weighted by Crippen LogP contribution is 2.22. The van der Waals surface area contributed by atoms with Gasteiger partial charge in [0.2, 0.25) is 0 Å². The molecule has 0 fully saturated rings. The lowest BCUT2D eigenvalue weighted by Crippen LogP contribution is -2.21. The van der Waals surface area contributed by atoms with Gasteiger partial charge < -0.3 is 10.3 Å². The second-order valence-corrected chi connectivity index (χ2v) is 5.93. The summed E-state index contributed by atoms with van der Waals surface area (Å²) >= 11 is 1.67. The molecule has 3 rings (SSSR count). The molecule has 5 heteroatoms. The number of nitrogens with two attached hydrogens (primary N) is 1. The predicted molar refractivity (Wildman–Crippen MR) is 82.9 cm³/mol. The SMILES string of the molecule is CCC(N)Cc1cn(Cc2nccs2)c2ncccc12. The summed E-state index contributed by atoms with van der Waals surface area (Å²) in [6, 6.07) is 4.31. The summed E-state index contributed by atoms with van der Waals surface area (Å²) in [5.74, 6) is 0. The molecular formula is C15H18N4S. The van der Waals surface area contributed by atoms with Crippen molar-refractivity contribution in [2.75, 3.05) is 0 Å². The number of rotatable bonds is 5. The molecule has 2 N–H and O–H groups in total. The molecule has 0 aliphatic carbocycles. The molecule has 20 heavy (non-hydrogen) atoms. The number of hydrogen-bond acceptors (Lipinski definition) is 4. The van der Waals surface area contributed by atoms with Crippen LogP contribution in [0, 0.1) is 0 Å². The molecule has 104 valence electrons. The minimum Gasteiger partial charge on any atom is -0.327 e. The van der Waals surface area contributed by atoms with Crippen LogP contribution in [0.5, 0.6) is 0 Å². The van der Waals surface area contributed by atoms with Gasteiger partial charge in [0.1, 0.15) is 10.7 Å². The Morgan fingerprint density at radius 1 is 1.35 bits per heavy atom. The molecule has 1 unspecified atom stereocenters. The van der Waals surface area contributed by atoms with Gasteiger partial charge in [-0.15, -0.1) is 11.3 Å². The number of thiazole rings is 1. The molecule has 3 aromatic heterocycles. The van der Waals surface area contributed by atoms with E-state index < -0.39 is 0 Å². The molecule has 0 bridgehead atoms. The molecule has 0 saturated carbocycles. The summed E-state index contributed by atoms with van der Waals surface area (Å²) in [5.41, 5.74) is 8.39. The van der Waals surface area contributed by atoms with Crippen LogP contribution in [0.1, 0.15) is 23.9 Å². The summed E-state index contributed by atoms with van der Waals surface area (Å²) in [4.78, 5) is 8.86. The second-order valence-electron chi connectivity index (χ2n) is 4.96. The summed E-state index contributed by atoms with van der Waals surface area (Å²) in [6.45, 7) is 2.89. The van der Waals surface area contributed by atoms with Gasteiger partial charge >= 0.3 is 0 Å². The van der Waals surface area contributed by atoms with Crippen LogP contribution in [0.3, 0.4) is 0 Å². The zero-order valence-electron chi connectivity index (χ0n) is 11.5. The van der Waals surface area contributed by atoms with Crippen molar-refractivity contribution in [3.63, 3.8) is 0 Å². The van der Waals surface area contributed by atoms with Crippen LogP contribution < -0.4 is 5.73 Å². The number of aromatic nitrogens is 3. The molecule has 0 aliphatic heterocycles. The van der Waals surface area contributed by atoms with Gasteiger partial charge in [0, 0.05) is 35.4 Å². The Labute approximate surface area is 122 Å². The van der Waals surface area contributed by atoms with E-state index in [0.29, 0.717) is 0 Å². The third-order valence-corrected chi connectivity index (χ3v) is 4.28. The number of hydrogen-bond donors (Lipinski definition) is 1. The number of fused-ring (bicyclic) bond motifs is 1. The van der Waals surface area contributed by atoms with Gasteiger partial charge in [-0.3, -0.25) is 0 Å². The first-order valence-corrected chi connectivity index (χ1v) is 7.72. The minimum absolute atomic E-state index is 0.203. The van der Waals surface area contributed by atoms with Gasteiger partial charge in [0.05, 0.1) is 6.54 Å². The maximum absolute atomic E-state index is 6.10. The van der Waals surface area contributed by atoms with Crippen molar-refractivity contribution >= 4 is 22.4 Å². The summed E-state index contributed by atoms with van der Waals surface area (Å²) in [5, 5.41) is 4.30. The normalized spacial score (nSPS) is 12.9. The fourth-order valence-electron chi connectivity index (χ4n) is 2.38. The van der Waals surface area contributed by atoms with Crippen LogP contribution in [0.15, 0.2) is 36.1 Å². The lowest BCUT2D eigenvalue weighted by Gasteiger charge is -2.06. The van der Waals surface area contributed by atoms with E-state index >= 15 is 0 Å². The molecule has 0 aliphatic rings. The van der Waals surface area contributed by atoms with Crippen molar-refractivity contribution < 1.29 is 0 Å². The van der Waals surface area contributed by atoms with E-state index in [0.717, 1.165) is 30.0 Å². The molecule has 0 aromatic carbocycles. The fraction of sp³-hybridized carbons (Fsp3) is 0.333. The third kappa shape index (κ3) is 2.59. The van der Waals surface area contributed by atoms with Crippen LogP contribution in [-0.4, -0.2) is 20.6 Å². The standard InChI is InChI=1S/C15H18N4S/c1-2-12(16)8-11-9-19(10-14-17-6-7-20-14)15-13(11)4-3-5-18-15/h3-7,9,12H,2,8,10,16H2,1H3. The van der Waals surface area contributed by atoms with Crippen LogP contribution in [0.25, 0.3) is 11.0 Å². The molecule has 0 saturated heterocycles. The Morgan fingerprint density at radius 2 is 2.25 bits per heavy atom. The Hall–Kier alpha value is -1.72. The van der Waals surface area contributed by atoms with Gasteiger partial charge in [-0.1, -0.05) is 6.92 Å². The molecule has 3 aromatic rings. The highest BCUT2D eigenvalue weighted by Gasteiger charge is 2.12. The van der Waals surface area contributed by atoms with Crippen molar-refractivity contribution in [2.45, 2.75) is 32.4 Å². The Kier molecular flexibility index (Phi) is 3.80. The van der Waals surface area contributed by atoms with Crippen molar-refractivity contribution in [3.8, 4) is 0 Å². The van der Waals surface area contributed by atoms with Crippen molar-refractivity contribution in [1.82, 2.24) is 14.5 Å². The predicted octanol–water partition coefficient (Wildman–Crippen LogP) is 2.82. The molecule has 0 amide bonds. The Morgan fingerprint density at radius 3 is 3.00 bits per heavy atom. The van der Waals surface area contributed by atoms with Crippen LogP contribution in [0.4, 0.5) is 0 Å². The fourth-order valence-corrected chi connectivity index (χ4v) is 3.00. The summed E-state index contributed by atoms with van der Waals surface area (Å²) < 4.78 is 2.17. The van der Waals surface area contributed by atoms with Crippen molar-refractivity contribution in [3.05, 3.63) is 46.7 Å². The highest BCUT2D eigenvalue weighted by atomic mass is 32.1. The Balaban J connectivity index is 1.99. The smallest absolute Gasteiger partial charge is 0.140 e. The summed E-state index contributed by atoms with van der Waals surface area (Å²) in [6.07, 6.45) is 7.73. The topological polar surface area (TPSA) is 56.7 Å². The lowest BCUT2D eigenvalue weighted by molar-refractivity contribution is 0.646. The largest absolute Gasteiger partial charge is 0.327 e. The van der Waals surface area contributed by atoms with Gasteiger partial charge in [-0.25, -0.2) is 9.97 Å². The number of pyridine rings is 1. The molecule has 3 heterocycles. The third-order valence-electron chi connectivity index (χ3n) is 3.51. The lowest BCUT2D eigenvalue weighted by atomic mass is 10.1. The molecule has 1 atom stereocenters. The van der Waals surface area contributed by atoms with Gasteiger partial charge in [-0.2, -0.15) is 0 Å². The van der Waals surface area contributed by atoms with Crippen molar-refractivity contribution in [1.29, 1.82) is 0 Å². The first kappa shape index (κ1) is 13.3. The van der Waals surface area contributed by atoms with Gasteiger partial charge in [0.15, 0.2) is 0 Å². The zero-order valence-corrected chi connectivity index (χ0v) is 12.3. The molecular weight excluding hydrogens is 268 g/mol. The van der Waals surface area contributed by atoms with E-state index in [-0.39, 0.29) is 6.04 Å². The van der Waals surface area contributed by atoms with Crippen LogP contribution in [-0.2, 0) is 13.0 Å². The van der Waals surface area contributed by atoms with Crippen LogP contribution >= 0.6 is 11.3 Å². The van der Waals surface area contributed by atoms with E-state index in [1.165, 1.54) is 10.9 Å². The molecule has 0 spiro atoms. The van der Waals surface area contributed by atoms with E-state index in [4.69, 9.17) is 5.73 Å². The summed E-state index contributed by atoms with van der Waals surface area (Å²) in [7, 11) is 0. The van der Waals surface area contributed by atoms with E-state index in [1.54, 1.807) is 11.3 Å². The minimum atomic E-state index is 0.203. The average molecular weight is 286 g/mol. The van der Waals surface area contributed by atoms with Crippen LogP contribution in [0.2, 0.25) is 0 Å². The first-order valence-electron chi connectivity index (χ1n) is 6.84. The zero-order chi connectivity index (χ0) is 13.9. The molecule has 0 radical (unpaired) electrons. The quantitative estimate of drug-likeness (QED) is 0.784. The van der Waals surface area contributed by atoms with E-state index in [1.807, 2.05) is 23.8 Å². The highest BCUT2D eigenvalue weighted by molar-refractivity contribution is 7.09. The average Bonchev–Trinajstić information content (AvgIpc) is 3.09. The monoisotopic (exact) mass is 286 g/mol. The van der Waals surface area contributed by atoms with Crippen molar-refractivity contribution in [2.24, 2.45) is 5.73 Å². The molecule has 4 nitrogen and oxygen atoms in total.